The normalized spacial score (nSPS) is 13.1. The highest BCUT2D eigenvalue weighted by Crippen LogP contribution is 2.40. The number of para-hydroxylation sites is 1. The van der Waals surface area contributed by atoms with E-state index in [1.807, 2.05) is 44.1 Å². The van der Waals surface area contributed by atoms with Gasteiger partial charge in [0.05, 0.1) is 54.1 Å². The third-order valence-corrected chi connectivity index (χ3v) is 6.93. The van der Waals surface area contributed by atoms with Gasteiger partial charge in [-0.1, -0.05) is 29.0 Å². The van der Waals surface area contributed by atoms with Crippen LogP contribution in [0.5, 0.6) is 17.2 Å². The van der Waals surface area contributed by atoms with Gasteiger partial charge in [-0.05, 0) is 64.5 Å². The number of aromatic nitrogens is 3. The quantitative estimate of drug-likeness (QED) is 0.0537. The molecule has 3 heterocycles. The molecular formula is C28H36ClN15O4. The second-order valence-electron chi connectivity index (χ2n) is 10.2. The molecule has 0 aliphatic carbocycles. The highest BCUT2D eigenvalue weighted by Gasteiger charge is 2.21. The molecule has 0 radical (unpaired) electrons. The van der Waals surface area contributed by atoms with Gasteiger partial charge in [0.25, 0.3) is 0 Å². The lowest BCUT2D eigenvalue weighted by Gasteiger charge is -2.24. The number of nitrogen functional groups attached to an aromatic ring is 1. The summed E-state index contributed by atoms with van der Waals surface area (Å²) in [6.07, 6.45) is 3.45. The van der Waals surface area contributed by atoms with Gasteiger partial charge >= 0.3 is 0 Å². The van der Waals surface area contributed by atoms with E-state index in [2.05, 4.69) is 63.5 Å². The molecular weight excluding hydrogens is 646 g/mol. The van der Waals surface area contributed by atoms with Crippen molar-refractivity contribution >= 4 is 39.8 Å². The summed E-state index contributed by atoms with van der Waals surface area (Å²) >= 11 is 6.60. The third-order valence-electron chi connectivity index (χ3n) is 6.66. The first-order chi connectivity index (χ1) is 23.3. The lowest BCUT2D eigenvalue weighted by molar-refractivity contribution is 0.0435. The third kappa shape index (κ3) is 9.05. The number of hydrogen-bond donors (Lipinski definition) is 4. The number of nitrogens with one attached hydrogen (secondary N) is 2. The van der Waals surface area contributed by atoms with Crippen molar-refractivity contribution < 1.29 is 18.9 Å². The number of ether oxygens (including phenoxy) is 4. The average Bonchev–Trinajstić information content (AvgIpc) is 3.45. The van der Waals surface area contributed by atoms with Gasteiger partial charge in [0.15, 0.2) is 0 Å². The Morgan fingerprint density at radius 2 is 1.96 bits per heavy atom. The molecule has 6 N–H and O–H groups in total. The van der Waals surface area contributed by atoms with Crippen molar-refractivity contribution in [2.75, 3.05) is 58.6 Å². The zero-order valence-electron chi connectivity index (χ0n) is 26.7. The number of hydrogen-bond acceptors (Lipinski definition) is 11. The molecule has 0 fully saturated rings. The van der Waals surface area contributed by atoms with Crippen molar-refractivity contribution in [3.8, 4) is 28.5 Å². The number of rotatable bonds is 14. The minimum atomic E-state index is -0.197. The summed E-state index contributed by atoms with van der Waals surface area (Å²) in [6.45, 7) is 5.05. The number of nitrogens with zero attached hydrogens (tertiary/aromatic N) is 11. The van der Waals surface area contributed by atoms with Crippen LogP contribution in [0.3, 0.4) is 0 Å². The minimum Gasteiger partial charge on any atom is -0.494 e. The minimum absolute atomic E-state index is 0.197. The standard InChI is InChI=1S/C28H33ClN6O4.H3N9/c1-5-37-16-17(14-34(2)3)39-24-12-25(36-4)22(11-21(24)30)32-28-31-13-20(29)26(33-28)19-15-35-9-10-38-23-8-6-7-18(19)27(23)35;1-3-5-7-9-8-6-4-2/h6-8,11-13,15,17H,5,9-10,14,16,30H2,1-4H3,(H,31,32,33);(H3,1,2,5,6,9)/t17-;/m0./s1. The molecule has 0 saturated carbocycles. The van der Waals surface area contributed by atoms with Gasteiger partial charge in [-0.25, -0.2) is 9.97 Å². The lowest BCUT2D eigenvalue weighted by atomic mass is 10.1. The lowest BCUT2D eigenvalue weighted by Crippen LogP contribution is -2.34. The Balaban J connectivity index is 0.000000508. The predicted molar refractivity (Wildman–Crippen MR) is 178 cm³/mol. The van der Waals surface area contributed by atoms with Gasteiger partial charge in [-0.3, -0.25) is 0 Å². The van der Waals surface area contributed by atoms with Crippen molar-refractivity contribution in [3.63, 3.8) is 0 Å². The average molecular weight is 682 g/mol. The van der Waals surface area contributed by atoms with Crippen LogP contribution in [0.1, 0.15) is 6.92 Å². The summed E-state index contributed by atoms with van der Waals surface area (Å²) in [7, 11) is 5.55. The molecule has 19 nitrogen and oxygen atoms in total. The second kappa shape index (κ2) is 17.4. The predicted octanol–water partition coefficient (Wildman–Crippen LogP) is 5.82. The van der Waals surface area contributed by atoms with Crippen molar-refractivity contribution in [2.24, 2.45) is 42.4 Å². The van der Waals surface area contributed by atoms with Crippen LogP contribution in [0.25, 0.3) is 22.2 Å². The summed E-state index contributed by atoms with van der Waals surface area (Å²) in [5.74, 6) is 6.76. The number of benzene rings is 2. The van der Waals surface area contributed by atoms with Crippen molar-refractivity contribution in [1.29, 1.82) is 5.53 Å². The van der Waals surface area contributed by atoms with E-state index in [1.165, 1.54) is 0 Å². The molecule has 1 aliphatic heterocycles. The molecule has 2 aromatic carbocycles. The highest BCUT2D eigenvalue weighted by molar-refractivity contribution is 6.33. The Morgan fingerprint density at radius 1 is 1.17 bits per heavy atom. The molecule has 0 bridgehead atoms. The van der Waals surface area contributed by atoms with E-state index in [0.29, 0.717) is 65.9 Å². The summed E-state index contributed by atoms with van der Waals surface area (Å²) in [5.41, 5.74) is 16.1. The molecule has 48 heavy (non-hydrogen) atoms. The van der Waals surface area contributed by atoms with Gasteiger partial charge < -0.3 is 45.3 Å². The summed E-state index contributed by atoms with van der Waals surface area (Å²) in [6, 6.07) is 9.49. The van der Waals surface area contributed by atoms with Crippen LogP contribution in [0.15, 0.2) is 79.3 Å². The summed E-state index contributed by atoms with van der Waals surface area (Å²) < 4.78 is 25.5. The monoisotopic (exact) mass is 681 g/mol. The first-order valence-electron chi connectivity index (χ1n) is 14.5. The van der Waals surface area contributed by atoms with E-state index >= 15 is 0 Å². The molecule has 0 unspecified atom stereocenters. The molecule has 1 atom stereocenters. The fourth-order valence-corrected chi connectivity index (χ4v) is 4.99. The van der Waals surface area contributed by atoms with Crippen LogP contribution in [0, 0.1) is 5.53 Å². The van der Waals surface area contributed by atoms with Crippen LogP contribution in [-0.4, -0.2) is 73.1 Å². The Labute approximate surface area is 280 Å². The van der Waals surface area contributed by atoms with Crippen molar-refractivity contribution in [3.05, 3.63) is 47.7 Å². The van der Waals surface area contributed by atoms with Gasteiger partial charge in [0.1, 0.15) is 30.0 Å². The molecule has 1 aliphatic rings. The first kappa shape index (κ1) is 35.3. The molecule has 2 aromatic heterocycles. The fourth-order valence-electron chi connectivity index (χ4n) is 4.80. The maximum atomic E-state index is 6.60. The van der Waals surface area contributed by atoms with Gasteiger partial charge in [-0.15, -0.1) is 0 Å². The van der Waals surface area contributed by atoms with E-state index in [9.17, 15) is 0 Å². The van der Waals surface area contributed by atoms with E-state index < -0.39 is 0 Å². The molecule has 20 heteroatoms. The highest BCUT2D eigenvalue weighted by atomic mass is 35.5. The molecule has 5 rings (SSSR count). The number of anilines is 3. The maximum absolute atomic E-state index is 6.60. The molecule has 0 spiro atoms. The SMILES string of the molecule is CCOC[C@H](CN(C)C)Oc1cc(OC)c(Nc2ncc(Cl)c(-c3cn4c5c(cccc35)OCC4)n2)cc1N.N=N/N=N/N=N/N=N/N. The zero-order chi connectivity index (χ0) is 34.5. The second-order valence-corrected chi connectivity index (χ2v) is 10.6. The van der Waals surface area contributed by atoms with Crippen molar-refractivity contribution in [2.45, 2.75) is 19.6 Å². The molecule has 254 valence electrons. The Bertz CT molecular complexity index is 1780. The number of halogens is 1. The van der Waals surface area contributed by atoms with Gasteiger partial charge in [-0.2, -0.15) is 5.53 Å². The summed E-state index contributed by atoms with van der Waals surface area (Å²) in [4.78, 5) is 11.2. The zero-order valence-corrected chi connectivity index (χ0v) is 27.5. The van der Waals surface area contributed by atoms with E-state index in [0.717, 1.165) is 28.8 Å². The number of methoxy groups -OCH3 is 1. The smallest absolute Gasteiger partial charge is 0.227 e. The Hall–Kier alpha value is -5.53. The molecule has 4 aromatic rings. The maximum Gasteiger partial charge on any atom is 0.227 e. The van der Waals surface area contributed by atoms with E-state index in [4.69, 9.17) is 46.8 Å². The van der Waals surface area contributed by atoms with Crippen LogP contribution < -0.4 is 31.1 Å². The fraction of sp³-hybridized carbons (Fsp3) is 0.357. The molecule has 0 amide bonds. The van der Waals surface area contributed by atoms with Crippen LogP contribution in [-0.2, 0) is 11.3 Å². The van der Waals surface area contributed by atoms with E-state index in [-0.39, 0.29) is 6.10 Å². The largest absolute Gasteiger partial charge is 0.494 e. The Kier molecular flexibility index (Phi) is 12.8. The van der Waals surface area contributed by atoms with Crippen LogP contribution in [0.2, 0.25) is 5.02 Å². The molecule has 0 saturated heterocycles. The number of likely N-dealkylation sites (N-methyl/N-ethyl adjacent to an activating group) is 1. The van der Waals surface area contributed by atoms with Gasteiger partial charge in [0.2, 0.25) is 5.95 Å². The van der Waals surface area contributed by atoms with Crippen LogP contribution >= 0.6 is 11.6 Å². The number of nitrogens with two attached hydrogens (primary N) is 2. The van der Waals surface area contributed by atoms with Gasteiger partial charge in [0, 0.05) is 36.4 Å². The first-order valence-corrected chi connectivity index (χ1v) is 14.8. The van der Waals surface area contributed by atoms with Crippen LogP contribution in [0.4, 0.5) is 17.3 Å². The summed E-state index contributed by atoms with van der Waals surface area (Å²) in [5, 5.41) is 24.1. The van der Waals surface area contributed by atoms with Crippen molar-refractivity contribution in [1.82, 2.24) is 19.4 Å². The topological polar surface area (TPSA) is 245 Å². The van der Waals surface area contributed by atoms with E-state index in [1.54, 1.807) is 25.4 Å². The Morgan fingerprint density at radius 3 is 2.69 bits per heavy atom.